The molecule has 0 amide bonds. The van der Waals surface area contributed by atoms with Crippen LogP contribution in [0, 0.1) is 0 Å². The van der Waals surface area contributed by atoms with E-state index in [-0.39, 0.29) is 11.7 Å². The number of rotatable bonds is 4. The van der Waals surface area contributed by atoms with Crippen molar-refractivity contribution in [2.75, 3.05) is 19.8 Å². The zero-order chi connectivity index (χ0) is 13.2. The summed E-state index contributed by atoms with van der Waals surface area (Å²) in [6, 6.07) is 0.538. The normalized spacial score (nSPS) is 40.0. The van der Waals surface area contributed by atoms with Crippen LogP contribution in [-0.2, 0) is 14.2 Å². The van der Waals surface area contributed by atoms with Gasteiger partial charge in [-0.2, -0.15) is 0 Å². The van der Waals surface area contributed by atoms with Crippen molar-refractivity contribution in [3.05, 3.63) is 0 Å². The molecule has 2 aliphatic heterocycles. The third-order valence-corrected chi connectivity index (χ3v) is 4.04. The second kappa shape index (κ2) is 5.45. The average Bonchev–Trinajstić information content (AvgIpc) is 2.67. The Labute approximate surface area is 110 Å². The molecule has 0 bridgehead atoms. The molecule has 0 aromatic rings. The quantitative estimate of drug-likeness (QED) is 0.837. The van der Waals surface area contributed by atoms with Gasteiger partial charge < -0.3 is 19.5 Å². The van der Waals surface area contributed by atoms with E-state index in [9.17, 15) is 0 Å². The standard InChI is InChI=1S/C14H27NO3/c1-5-14(4)8-11(6-7-16-14)15-9-12-10-17-13(2,3)18-12/h11-12,15H,5-10H2,1-4H3. The molecule has 2 heterocycles. The monoisotopic (exact) mass is 257 g/mol. The van der Waals surface area contributed by atoms with Gasteiger partial charge in [0.1, 0.15) is 0 Å². The summed E-state index contributed by atoms with van der Waals surface area (Å²) in [5, 5.41) is 3.61. The molecule has 4 nitrogen and oxygen atoms in total. The molecule has 0 aromatic heterocycles. The molecule has 0 saturated carbocycles. The molecule has 0 aliphatic carbocycles. The Balaban J connectivity index is 1.74. The van der Waals surface area contributed by atoms with Crippen molar-refractivity contribution in [3.8, 4) is 0 Å². The number of hydrogen-bond acceptors (Lipinski definition) is 4. The Hall–Kier alpha value is -0.160. The summed E-state index contributed by atoms with van der Waals surface area (Å²) in [5.74, 6) is -0.417. The van der Waals surface area contributed by atoms with Crippen LogP contribution in [0.4, 0.5) is 0 Å². The van der Waals surface area contributed by atoms with Gasteiger partial charge in [0.15, 0.2) is 5.79 Å². The van der Waals surface area contributed by atoms with E-state index < -0.39 is 5.79 Å². The van der Waals surface area contributed by atoms with Gasteiger partial charge in [0.05, 0.1) is 18.3 Å². The third-order valence-electron chi connectivity index (χ3n) is 4.04. The fourth-order valence-electron chi connectivity index (χ4n) is 2.71. The minimum Gasteiger partial charge on any atom is -0.375 e. The smallest absolute Gasteiger partial charge is 0.163 e. The Morgan fingerprint density at radius 2 is 2.00 bits per heavy atom. The molecular weight excluding hydrogens is 230 g/mol. The molecule has 3 unspecified atom stereocenters. The molecule has 2 fully saturated rings. The van der Waals surface area contributed by atoms with Crippen LogP contribution in [0.3, 0.4) is 0 Å². The summed E-state index contributed by atoms with van der Waals surface area (Å²) in [6.07, 6.45) is 3.42. The molecule has 0 aromatic carbocycles. The molecular formula is C14H27NO3. The molecule has 3 atom stereocenters. The minimum atomic E-state index is -0.417. The van der Waals surface area contributed by atoms with E-state index in [4.69, 9.17) is 14.2 Å². The molecule has 106 valence electrons. The van der Waals surface area contributed by atoms with E-state index in [1.165, 1.54) is 0 Å². The largest absolute Gasteiger partial charge is 0.375 e. The van der Waals surface area contributed by atoms with E-state index in [2.05, 4.69) is 19.2 Å². The highest BCUT2D eigenvalue weighted by atomic mass is 16.7. The highest BCUT2D eigenvalue weighted by Crippen LogP contribution is 2.28. The summed E-state index contributed by atoms with van der Waals surface area (Å²) in [7, 11) is 0. The van der Waals surface area contributed by atoms with E-state index in [0.29, 0.717) is 12.6 Å². The molecule has 1 N–H and O–H groups in total. The molecule has 2 rings (SSSR count). The van der Waals surface area contributed by atoms with Crippen molar-refractivity contribution in [1.82, 2.24) is 5.32 Å². The van der Waals surface area contributed by atoms with Gasteiger partial charge in [0, 0.05) is 19.2 Å². The lowest BCUT2D eigenvalue weighted by Gasteiger charge is -2.38. The lowest BCUT2D eigenvalue weighted by molar-refractivity contribution is -0.138. The van der Waals surface area contributed by atoms with Crippen LogP contribution in [0.1, 0.15) is 47.0 Å². The Kier molecular flexibility index (Phi) is 4.32. The van der Waals surface area contributed by atoms with Crippen molar-refractivity contribution in [1.29, 1.82) is 0 Å². The number of hydrogen-bond donors (Lipinski definition) is 1. The molecule has 2 saturated heterocycles. The summed E-state index contributed by atoms with van der Waals surface area (Å²) >= 11 is 0. The average molecular weight is 257 g/mol. The fourth-order valence-corrected chi connectivity index (χ4v) is 2.71. The lowest BCUT2D eigenvalue weighted by Crippen LogP contribution is -2.47. The second-order valence-corrected chi connectivity index (χ2v) is 6.20. The molecule has 4 heteroatoms. The fraction of sp³-hybridized carbons (Fsp3) is 1.00. The SMILES string of the molecule is CCC1(C)CC(NCC2COC(C)(C)O2)CCO1. The Bertz CT molecular complexity index is 282. The van der Waals surface area contributed by atoms with E-state index in [1.54, 1.807) is 0 Å². The van der Waals surface area contributed by atoms with E-state index in [1.807, 2.05) is 13.8 Å². The molecule has 0 spiro atoms. The predicted octanol–water partition coefficient (Wildman–Crippen LogP) is 2.08. The third kappa shape index (κ3) is 3.67. The zero-order valence-corrected chi connectivity index (χ0v) is 12.1. The van der Waals surface area contributed by atoms with Gasteiger partial charge in [-0.3, -0.25) is 0 Å². The predicted molar refractivity (Wildman–Crippen MR) is 70.6 cm³/mol. The van der Waals surface area contributed by atoms with Crippen LogP contribution in [0.25, 0.3) is 0 Å². The van der Waals surface area contributed by atoms with Crippen molar-refractivity contribution in [2.45, 2.75) is 70.5 Å². The number of ether oxygens (including phenoxy) is 3. The van der Waals surface area contributed by atoms with Crippen molar-refractivity contribution < 1.29 is 14.2 Å². The second-order valence-electron chi connectivity index (χ2n) is 6.20. The highest BCUT2D eigenvalue weighted by Gasteiger charge is 2.35. The van der Waals surface area contributed by atoms with Crippen molar-refractivity contribution in [2.24, 2.45) is 0 Å². The van der Waals surface area contributed by atoms with Crippen LogP contribution >= 0.6 is 0 Å². The van der Waals surface area contributed by atoms with Crippen LogP contribution in [0.2, 0.25) is 0 Å². The first kappa shape index (κ1) is 14.3. The van der Waals surface area contributed by atoms with Crippen molar-refractivity contribution in [3.63, 3.8) is 0 Å². The van der Waals surface area contributed by atoms with Gasteiger partial charge in [0.2, 0.25) is 0 Å². The summed E-state index contributed by atoms with van der Waals surface area (Å²) < 4.78 is 17.2. The van der Waals surface area contributed by atoms with Gasteiger partial charge in [0.25, 0.3) is 0 Å². The van der Waals surface area contributed by atoms with Crippen LogP contribution < -0.4 is 5.32 Å². The molecule has 18 heavy (non-hydrogen) atoms. The first-order valence-electron chi connectivity index (χ1n) is 7.11. The van der Waals surface area contributed by atoms with Gasteiger partial charge >= 0.3 is 0 Å². The maximum atomic E-state index is 5.85. The topological polar surface area (TPSA) is 39.7 Å². The first-order chi connectivity index (χ1) is 8.42. The lowest BCUT2D eigenvalue weighted by atomic mass is 9.90. The van der Waals surface area contributed by atoms with E-state index in [0.717, 1.165) is 32.4 Å². The zero-order valence-electron chi connectivity index (χ0n) is 12.1. The van der Waals surface area contributed by atoms with Gasteiger partial charge in [-0.05, 0) is 40.0 Å². The summed E-state index contributed by atoms with van der Waals surface area (Å²) in [6.45, 7) is 10.8. The maximum absolute atomic E-state index is 5.85. The Morgan fingerprint density at radius 1 is 1.22 bits per heavy atom. The highest BCUT2D eigenvalue weighted by molar-refractivity contribution is 4.86. The number of nitrogens with one attached hydrogen (secondary N) is 1. The minimum absolute atomic E-state index is 0.0439. The van der Waals surface area contributed by atoms with Gasteiger partial charge in [-0.15, -0.1) is 0 Å². The summed E-state index contributed by atoms with van der Waals surface area (Å²) in [5.41, 5.74) is 0.0439. The van der Waals surface area contributed by atoms with Crippen LogP contribution in [0.5, 0.6) is 0 Å². The van der Waals surface area contributed by atoms with Crippen LogP contribution in [-0.4, -0.2) is 43.3 Å². The summed E-state index contributed by atoms with van der Waals surface area (Å²) in [4.78, 5) is 0. The maximum Gasteiger partial charge on any atom is 0.163 e. The van der Waals surface area contributed by atoms with Crippen LogP contribution in [0.15, 0.2) is 0 Å². The van der Waals surface area contributed by atoms with Gasteiger partial charge in [-0.1, -0.05) is 6.92 Å². The first-order valence-corrected chi connectivity index (χ1v) is 7.11. The van der Waals surface area contributed by atoms with E-state index >= 15 is 0 Å². The van der Waals surface area contributed by atoms with Crippen molar-refractivity contribution >= 4 is 0 Å². The molecule has 0 radical (unpaired) electrons. The Morgan fingerprint density at radius 3 is 2.61 bits per heavy atom. The van der Waals surface area contributed by atoms with Gasteiger partial charge in [-0.25, -0.2) is 0 Å². The molecule has 2 aliphatic rings.